The molecule has 8 heteroatoms. The summed E-state index contributed by atoms with van der Waals surface area (Å²) in [7, 11) is 0. The number of carbonyl (C=O) groups excluding carboxylic acids is 3. The molecule has 4 bridgehead atoms. The normalized spacial score (nSPS) is 34.3. The molecule has 6 unspecified atom stereocenters. The van der Waals surface area contributed by atoms with Gasteiger partial charge in [0.15, 0.2) is 11.4 Å². The Morgan fingerprint density at radius 3 is 2.43 bits per heavy atom. The highest BCUT2D eigenvalue weighted by atomic mass is 32.1. The number of ether oxygens (including phenoxy) is 1. The summed E-state index contributed by atoms with van der Waals surface area (Å²) in [5.74, 6) is -0.391. The Morgan fingerprint density at radius 2 is 1.75 bits per heavy atom. The van der Waals surface area contributed by atoms with Crippen LogP contribution in [0.3, 0.4) is 0 Å². The molecule has 6 atom stereocenters. The predicted molar refractivity (Wildman–Crippen MR) is 209 cm³/mol. The molecule has 0 spiro atoms. The highest BCUT2D eigenvalue weighted by molar-refractivity contribution is 7.09. The van der Waals surface area contributed by atoms with Crippen LogP contribution >= 0.6 is 11.3 Å². The van der Waals surface area contributed by atoms with E-state index in [9.17, 15) is 19.8 Å². The van der Waals surface area contributed by atoms with Gasteiger partial charge in [0.05, 0.1) is 23.7 Å². The molecule has 1 amide bonds. The number of ketones is 1. The van der Waals surface area contributed by atoms with Crippen molar-refractivity contribution < 1.29 is 29.3 Å². The van der Waals surface area contributed by atoms with Crippen LogP contribution in [0.5, 0.6) is 0 Å². The van der Waals surface area contributed by atoms with Crippen LogP contribution in [-0.4, -0.2) is 63.2 Å². The van der Waals surface area contributed by atoms with Crippen LogP contribution in [0.2, 0.25) is 0 Å². The summed E-state index contributed by atoms with van der Waals surface area (Å²) >= 11 is 1.66. The monoisotopic (exact) mass is 743 g/mol. The molecule has 1 aliphatic heterocycles. The van der Waals surface area contributed by atoms with E-state index in [2.05, 4.69) is 44.2 Å². The molecule has 3 saturated carbocycles. The topological polar surface area (TPSA) is 104 Å². The maximum Gasteiger partial charge on any atom is 0.313 e. The molecule has 1 aromatic heterocycles. The Hall–Kier alpha value is -2.81. The average Bonchev–Trinajstić information content (AvgIpc) is 3.83. The molecule has 1 aromatic carbocycles. The molecular weight excluding hydrogens is 683 g/mol. The van der Waals surface area contributed by atoms with E-state index in [1.54, 1.807) is 11.3 Å². The summed E-state index contributed by atoms with van der Waals surface area (Å²) in [4.78, 5) is 45.9. The lowest BCUT2D eigenvalue weighted by Gasteiger charge is -2.47. The van der Waals surface area contributed by atoms with Gasteiger partial charge < -0.3 is 19.8 Å². The summed E-state index contributed by atoms with van der Waals surface area (Å²) in [5.41, 5.74) is -0.648. The molecule has 5 aliphatic carbocycles. The zero-order valence-electron chi connectivity index (χ0n) is 32.7. The molecule has 2 N–H and O–H groups in total. The summed E-state index contributed by atoms with van der Waals surface area (Å²) in [6.07, 6.45) is 13.2. The number of carbonyl (C=O) groups is 3. The predicted octanol–water partition coefficient (Wildman–Crippen LogP) is 8.74. The van der Waals surface area contributed by atoms with Crippen LogP contribution in [0.15, 0.2) is 47.4 Å². The van der Waals surface area contributed by atoms with Crippen molar-refractivity contribution in [3.8, 4) is 0 Å². The van der Waals surface area contributed by atoms with Crippen molar-refractivity contribution in [1.29, 1.82) is 0 Å². The number of fused-ring (bicyclic) bond motifs is 10. The molecule has 288 valence electrons. The molecule has 53 heavy (non-hydrogen) atoms. The fraction of sp³-hybridized carbons (Fsp3) is 0.667. The van der Waals surface area contributed by atoms with Crippen LogP contribution in [-0.2, 0) is 27.2 Å². The number of amides is 1. The second kappa shape index (κ2) is 14.4. The largest absolute Gasteiger partial charge is 0.448 e. The number of allylic oxidation sites excluding steroid dienone is 2. The molecular formula is C45H61NO6S. The first-order valence-corrected chi connectivity index (χ1v) is 21.3. The number of benzene rings is 1. The number of hydrogen-bond acceptors (Lipinski definition) is 7. The van der Waals surface area contributed by atoms with Crippen molar-refractivity contribution in [1.82, 2.24) is 4.90 Å². The third-order valence-electron chi connectivity index (χ3n) is 15.3. The second-order valence-corrected chi connectivity index (χ2v) is 19.4. The maximum atomic E-state index is 15.1. The number of thiophene rings is 1. The van der Waals surface area contributed by atoms with Gasteiger partial charge in [-0.3, -0.25) is 14.4 Å². The number of aliphatic hydroxyl groups excluding tert-OH is 1. The molecule has 1 saturated heterocycles. The number of rotatable bonds is 8. The Balaban J connectivity index is 1.29. The highest BCUT2D eigenvalue weighted by Crippen LogP contribution is 2.66. The van der Waals surface area contributed by atoms with Crippen molar-refractivity contribution in [2.24, 2.45) is 22.2 Å². The van der Waals surface area contributed by atoms with Gasteiger partial charge in [-0.2, -0.15) is 0 Å². The fourth-order valence-electron chi connectivity index (χ4n) is 11.0. The quantitative estimate of drug-likeness (QED) is 0.159. The Morgan fingerprint density at radius 1 is 0.981 bits per heavy atom. The van der Waals surface area contributed by atoms with Crippen molar-refractivity contribution >= 4 is 29.0 Å². The van der Waals surface area contributed by atoms with Crippen LogP contribution in [0.25, 0.3) is 0 Å². The third-order valence-corrected chi connectivity index (χ3v) is 16.2. The number of nitrogens with zero attached hydrogens (tertiary/aromatic N) is 1. The van der Waals surface area contributed by atoms with E-state index >= 15 is 4.79 Å². The lowest BCUT2D eigenvalue weighted by molar-refractivity contribution is -0.177. The lowest BCUT2D eigenvalue weighted by Crippen LogP contribution is -2.60. The van der Waals surface area contributed by atoms with Gasteiger partial charge in [0.25, 0.3) is 5.91 Å². The smallest absolute Gasteiger partial charge is 0.313 e. The van der Waals surface area contributed by atoms with E-state index in [1.165, 1.54) is 12.0 Å². The average molecular weight is 744 g/mol. The van der Waals surface area contributed by atoms with Crippen molar-refractivity contribution in [2.45, 2.75) is 154 Å². The van der Waals surface area contributed by atoms with Gasteiger partial charge in [0.1, 0.15) is 0 Å². The number of esters is 1. The Kier molecular flexibility index (Phi) is 10.4. The lowest BCUT2D eigenvalue weighted by atomic mass is 9.64. The molecule has 8 rings (SSSR count). The number of Topliss-reactive ketones (excluding diaryl/α,β-unsaturated/α-hetero) is 1. The van der Waals surface area contributed by atoms with E-state index in [0.717, 1.165) is 60.1 Å². The Labute approximate surface area is 320 Å². The fourth-order valence-corrected chi connectivity index (χ4v) is 11.7. The summed E-state index contributed by atoms with van der Waals surface area (Å²) in [6, 6.07) is 10.4. The molecule has 2 aromatic rings. The zero-order valence-corrected chi connectivity index (χ0v) is 33.5. The van der Waals surface area contributed by atoms with Crippen LogP contribution in [0.1, 0.15) is 150 Å². The van der Waals surface area contributed by atoms with Gasteiger partial charge in [0, 0.05) is 33.7 Å². The van der Waals surface area contributed by atoms with Gasteiger partial charge in [-0.15, -0.1) is 11.3 Å². The summed E-state index contributed by atoms with van der Waals surface area (Å²) < 4.78 is 6.15. The van der Waals surface area contributed by atoms with Gasteiger partial charge in [-0.1, -0.05) is 69.9 Å². The van der Waals surface area contributed by atoms with E-state index < -0.39 is 33.6 Å². The number of hydrogen-bond donors (Lipinski definition) is 2. The maximum absolute atomic E-state index is 15.1. The van der Waals surface area contributed by atoms with E-state index in [1.807, 2.05) is 37.1 Å². The standard InChI is InChI=1S/C45H61NO6S/c1-30-11-9-21-42(4)37(35-18-16-31(27-33(47)17-15-30)28-36(35)38(48)32-12-7-6-8-13-32)19-22-44(42,51)29-46(25-20-34-14-10-26-53-34)39(49)45-24-23-43(5,40(50)52-45)41(45,2)3/h10-11,14,16,18,26,28,32-33,37,47,51H,6-9,12-13,15,17,19-25,27,29H2,1-5H3. The minimum atomic E-state index is -1.27. The highest BCUT2D eigenvalue weighted by Gasteiger charge is 2.76. The first kappa shape index (κ1) is 38.5. The number of aliphatic hydroxyl groups is 2. The van der Waals surface area contributed by atoms with Crippen molar-refractivity contribution in [3.05, 3.63) is 68.9 Å². The van der Waals surface area contributed by atoms with Crippen molar-refractivity contribution in [2.75, 3.05) is 13.1 Å². The molecule has 4 fully saturated rings. The molecule has 7 nitrogen and oxygen atoms in total. The zero-order chi connectivity index (χ0) is 37.8. The minimum absolute atomic E-state index is 0.00197. The van der Waals surface area contributed by atoms with Crippen LogP contribution in [0.4, 0.5) is 0 Å². The van der Waals surface area contributed by atoms with E-state index in [0.29, 0.717) is 57.9 Å². The SMILES string of the molecule is CC1=CCCC2(C)C(CCC2(O)CN(CCc2cccs2)C(=O)C23CCC(C)(C(=O)O2)C3(C)C)c2ccc(cc2C(=O)C2CCCCC2)CC(O)CC1. The first-order valence-electron chi connectivity index (χ1n) is 20.4. The first-order chi connectivity index (χ1) is 25.1. The van der Waals surface area contributed by atoms with Crippen molar-refractivity contribution in [3.63, 3.8) is 0 Å². The van der Waals surface area contributed by atoms with E-state index in [4.69, 9.17) is 4.74 Å². The van der Waals surface area contributed by atoms with Gasteiger partial charge in [-0.25, -0.2) is 0 Å². The Bertz CT molecular complexity index is 1740. The summed E-state index contributed by atoms with van der Waals surface area (Å²) in [5, 5.41) is 26.3. The minimum Gasteiger partial charge on any atom is -0.448 e. The van der Waals surface area contributed by atoms with Gasteiger partial charge >= 0.3 is 5.97 Å². The molecule has 0 radical (unpaired) electrons. The van der Waals surface area contributed by atoms with Gasteiger partial charge in [0.2, 0.25) is 0 Å². The molecule has 6 aliphatic rings. The van der Waals surface area contributed by atoms with Crippen LogP contribution in [0, 0.1) is 22.2 Å². The second-order valence-electron chi connectivity index (χ2n) is 18.4. The third kappa shape index (κ3) is 6.46. The van der Waals surface area contributed by atoms with Crippen LogP contribution < -0.4 is 0 Å². The summed E-state index contributed by atoms with van der Waals surface area (Å²) in [6.45, 7) is 10.8. The molecule has 2 heterocycles. The van der Waals surface area contributed by atoms with E-state index in [-0.39, 0.29) is 36.0 Å². The van der Waals surface area contributed by atoms with Gasteiger partial charge in [-0.05, 0) is 125 Å².